The highest BCUT2D eigenvalue weighted by Gasteiger charge is 2.17. The van der Waals surface area contributed by atoms with Crippen LogP contribution in [-0.2, 0) is 16.4 Å². The second kappa shape index (κ2) is 8.66. The molecule has 0 amide bonds. The number of unbranched alkanes of at least 4 members (excludes halogenated alkanes) is 2. The predicted molar refractivity (Wildman–Crippen MR) is 82.0 cm³/mol. The molecule has 0 bridgehead atoms. The molecule has 0 atom stereocenters. The first kappa shape index (κ1) is 16.6. The van der Waals surface area contributed by atoms with Crippen LogP contribution in [0.25, 0.3) is 0 Å². The number of nitrogens with zero attached hydrogens (tertiary/aromatic N) is 2. The van der Waals surface area contributed by atoms with Crippen LogP contribution < -0.4 is 0 Å². The van der Waals surface area contributed by atoms with Gasteiger partial charge in [0.2, 0.25) is 10.0 Å². The Bertz CT molecular complexity index is 451. The quantitative estimate of drug-likeness (QED) is 0.508. The van der Waals surface area contributed by atoms with Gasteiger partial charge in [0.25, 0.3) is 0 Å². The average Bonchev–Trinajstić information content (AvgIpc) is 2.42. The summed E-state index contributed by atoms with van der Waals surface area (Å²) in [6, 6.07) is 5.55. The van der Waals surface area contributed by atoms with Crippen molar-refractivity contribution in [1.82, 2.24) is 9.29 Å². The lowest BCUT2D eigenvalue weighted by molar-refractivity contribution is 0.454. The van der Waals surface area contributed by atoms with Gasteiger partial charge in [-0.1, -0.05) is 28.4 Å². The Balaban J connectivity index is 2.38. The molecule has 19 heavy (non-hydrogen) atoms. The molecule has 0 aliphatic carbocycles. The summed E-state index contributed by atoms with van der Waals surface area (Å²) >= 11 is 3.37. The molecule has 0 radical (unpaired) electrons. The van der Waals surface area contributed by atoms with Gasteiger partial charge in [-0.15, -0.1) is 0 Å². The van der Waals surface area contributed by atoms with E-state index < -0.39 is 10.0 Å². The van der Waals surface area contributed by atoms with Crippen molar-refractivity contribution in [1.29, 1.82) is 0 Å². The summed E-state index contributed by atoms with van der Waals surface area (Å²) in [6.07, 6.45) is 5.19. The molecule has 0 aromatic carbocycles. The number of sulfonamides is 1. The normalized spacial score (nSPS) is 11.9. The van der Waals surface area contributed by atoms with Gasteiger partial charge in [-0.05, 0) is 25.0 Å². The first-order valence-corrected chi connectivity index (χ1v) is 9.19. The van der Waals surface area contributed by atoms with Crippen LogP contribution in [0.4, 0.5) is 0 Å². The van der Waals surface area contributed by atoms with Gasteiger partial charge < -0.3 is 0 Å². The first-order valence-electron chi connectivity index (χ1n) is 6.46. The molecule has 4 nitrogen and oxygen atoms in total. The molecule has 1 rings (SSSR count). The molecule has 0 aliphatic rings. The summed E-state index contributed by atoms with van der Waals surface area (Å²) in [5, 5.41) is 0.975. The third kappa shape index (κ3) is 6.49. The van der Waals surface area contributed by atoms with Crippen LogP contribution in [0.1, 0.15) is 25.0 Å². The Morgan fingerprint density at radius 3 is 2.68 bits per heavy atom. The van der Waals surface area contributed by atoms with Crippen molar-refractivity contribution in [2.24, 2.45) is 0 Å². The van der Waals surface area contributed by atoms with Crippen LogP contribution in [0, 0.1) is 0 Å². The summed E-state index contributed by atoms with van der Waals surface area (Å²) in [4.78, 5) is 4.14. The van der Waals surface area contributed by atoms with Crippen molar-refractivity contribution >= 4 is 26.0 Å². The van der Waals surface area contributed by atoms with Gasteiger partial charge in [0, 0.05) is 37.2 Å². The maximum absolute atomic E-state index is 12.1. The van der Waals surface area contributed by atoms with Gasteiger partial charge in [-0.3, -0.25) is 4.98 Å². The van der Waals surface area contributed by atoms with Gasteiger partial charge >= 0.3 is 0 Å². The Labute approximate surface area is 124 Å². The number of hydrogen-bond donors (Lipinski definition) is 0. The monoisotopic (exact) mass is 348 g/mol. The van der Waals surface area contributed by atoms with Crippen molar-refractivity contribution in [3.05, 3.63) is 30.1 Å². The highest BCUT2D eigenvalue weighted by molar-refractivity contribution is 9.09. The first-order chi connectivity index (χ1) is 9.06. The number of rotatable bonds is 9. The van der Waals surface area contributed by atoms with Gasteiger partial charge in [0.15, 0.2) is 0 Å². The second-order valence-electron chi connectivity index (χ2n) is 4.46. The highest BCUT2D eigenvalue weighted by Crippen LogP contribution is 2.06. The lowest BCUT2D eigenvalue weighted by Crippen LogP contribution is -2.31. The molecular formula is C13H21BrN2O2S. The maximum Gasteiger partial charge on any atom is 0.214 e. The van der Waals surface area contributed by atoms with Crippen LogP contribution in [0.3, 0.4) is 0 Å². The third-order valence-electron chi connectivity index (χ3n) is 2.92. The van der Waals surface area contributed by atoms with E-state index >= 15 is 0 Å². The number of alkyl halides is 1. The molecule has 0 fully saturated rings. The number of aromatic nitrogens is 1. The minimum atomic E-state index is -3.16. The number of aryl methyl sites for hydroxylation is 1. The highest BCUT2D eigenvalue weighted by atomic mass is 79.9. The zero-order chi connectivity index (χ0) is 14.1. The second-order valence-corrected chi connectivity index (χ2v) is 7.45. The van der Waals surface area contributed by atoms with Crippen LogP contribution in [0.2, 0.25) is 0 Å². The SMILES string of the molecule is CN(CCCCCBr)S(=O)(=O)CCc1ccccn1. The maximum atomic E-state index is 12.1. The van der Waals surface area contributed by atoms with Gasteiger partial charge in [0.05, 0.1) is 5.75 Å². The number of hydrogen-bond acceptors (Lipinski definition) is 3. The summed E-state index contributed by atoms with van der Waals surface area (Å²) in [5.41, 5.74) is 0.818. The van der Waals surface area contributed by atoms with Crippen molar-refractivity contribution in [3.8, 4) is 0 Å². The molecule has 0 N–H and O–H groups in total. The zero-order valence-electron chi connectivity index (χ0n) is 11.3. The predicted octanol–water partition coefficient (Wildman–Crippen LogP) is 2.45. The van der Waals surface area contributed by atoms with Crippen molar-refractivity contribution in [2.45, 2.75) is 25.7 Å². The van der Waals surface area contributed by atoms with E-state index in [1.807, 2.05) is 18.2 Å². The molecule has 1 aromatic heterocycles. The summed E-state index contributed by atoms with van der Waals surface area (Å²) in [7, 11) is -1.51. The molecule has 108 valence electrons. The Hall–Kier alpha value is -0.460. The van der Waals surface area contributed by atoms with Gasteiger partial charge in [-0.25, -0.2) is 12.7 Å². The lowest BCUT2D eigenvalue weighted by atomic mass is 10.2. The summed E-state index contributed by atoms with van der Waals surface area (Å²) in [6.45, 7) is 0.595. The van der Waals surface area contributed by atoms with Crippen LogP contribution >= 0.6 is 15.9 Å². The van der Waals surface area contributed by atoms with E-state index in [4.69, 9.17) is 0 Å². The topological polar surface area (TPSA) is 50.3 Å². The smallest absolute Gasteiger partial charge is 0.214 e. The molecule has 0 spiro atoms. The molecule has 0 saturated carbocycles. The summed E-state index contributed by atoms with van der Waals surface area (Å²) in [5.74, 6) is 0.124. The third-order valence-corrected chi connectivity index (χ3v) is 5.34. The molecule has 0 unspecified atom stereocenters. The zero-order valence-corrected chi connectivity index (χ0v) is 13.7. The van der Waals surface area contributed by atoms with Crippen LogP contribution in [0.15, 0.2) is 24.4 Å². The van der Waals surface area contributed by atoms with E-state index in [1.165, 1.54) is 4.31 Å². The Morgan fingerprint density at radius 1 is 1.26 bits per heavy atom. The minimum Gasteiger partial charge on any atom is -0.261 e. The van der Waals surface area contributed by atoms with Crippen LogP contribution in [0.5, 0.6) is 0 Å². The van der Waals surface area contributed by atoms with E-state index in [9.17, 15) is 8.42 Å². The molecular weight excluding hydrogens is 328 g/mol. The molecule has 1 aromatic rings. The van der Waals surface area contributed by atoms with Gasteiger partial charge in [-0.2, -0.15) is 0 Å². The van der Waals surface area contributed by atoms with E-state index in [-0.39, 0.29) is 5.75 Å². The Morgan fingerprint density at radius 2 is 2.05 bits per heavy atom. The minimum absolute atomic E-state index is 0.124. The van der Waals surface area contributed by atoms with Crippen molar-refractivity contribution < 1.29 is 8.42 Å². The summed E-state index contributed by atoms with van der Waals surface area (Å²) < 4.78 is 25.6. The van der Waals surface area contributed by atoms with Crippen molar-refractivity contribution in [3.63, 3.8) is 0 Å². The fourth-order valence-corrected chi connectivity index (χ4v) is 3.26. The van der Waals surface area contributed by atoms with E-state index in [0.717, 1.165) is 30.3 Å². The van der Waals surface area contributed by atoms with Crippen LogP contribution in [-0.4, -0.2) is 42.4 Å². The molecule has 0 aliphatic heterocycles. The molecule has 0 saturated heterocycles. The van der Waals surface area contributed by atoms with Gasteiger partial charge in [0.1, 0.15) is 0 Å². The van der Waals surface area contributed by atoms with E-state index in [2.05, 4.69) is 20.9 Å². The number of halogens is 1. The fourth-order valence-electron chi connectivity index (χ4n) is 1.68. The van der Waals surface area contributed by atoms with Crippen molar-refractivity contribution in [2.75, 3.05) is 24.7 Å². The molecule has 6 heteroatoms. The van der Waals surface area contributed by atoms with E-state index in [0.29, 0.717) is 13.0 Å². The largest absolute Gasteiger partial charge is 0.261 e. The fraction of sp³-hybridized carbons (Fsp3) is 0.615. The standard InChI is InChI=1S/C13H21BrN2O2S/c1-16(11-6-2-4-9-14)19(17,18)12-8-13-7-3-5-10-15-13/h3,5,7,10H,2,4,6,8-9,11-12H2,1H3. The molecule has 1 heterocycles. The Kier molecular flexibility index (Phi) is 7.56. The average molecular weight is 349 g/mol. The van der Waals surface area contributed by atoms with E-state index in [1.54, 1.807) is 13.2 Å². The number of pyridine rings is 1. The lowest BCUT2D eigenvalue weighted by Gasteiger charge is -2.16.